The Hall–Kier alpha value is -2.13. The van der Waals surface area contributed by atoms with Crippen LogP contribution in [0.4, 0.5) is 0 Å². The highest BCUT2D eigenvalue weighted by Crippen LogP contribution is 2.20. The number of fused-ring (bicyclic) bond motifs is 1. The molecule has 3 rings (SSSR count). The van der Waals surface area contributed by atoms with E-state index in [1.54, 1.807) is 0 Å². The van der Waals surface area contributed by atoms with Crippen molar-refractivity contribution in [1.29, 1.82) is 0 Å². The maximum atomic E-state index is 5.83. The van der Waals surface area contributed by atoms with Crippen LogP contribution in [0.2, 0.25) is 0 Å². The van der Waals surface area contributed by atoms with E-state index in [0.717, 1.165) is 18.7 Å². The first kappa shape index (κ1) is 11.9. The van der Waals surface area contributed by atoms with Crippen LogP contribution in [0.25, 0.3) is 10.9 Å². The van der Waals surface area contributed by atoms with Gasteiger partial charge in [-0.3, -0.25) is 4.98 Å². The predicted molar refractivity (Wildman–Crippen MR) is 77.8 cm³/mol. The number of hydrogen-bond donors (Lipinski definition) is 1. The third kappa shape index (κ3) is 2.37. The van der Waals surface area contributed by atoms with Crippen LogP contribution in [0.5, 0.6) is 0 Å². The molecule has 0 aliphatic heterocycles. The summed E-state index contributed by atoms with van der Waals surface area (Å²) < 4.78 is 2.27. The standard InChI is InChI=1S/C16H17N3/c17-12-14-5-3-4-13-7-10-19(16(13)14)11-8-15-6-1-2-9-18-15/h1-7,9-10H,8,11-12,17H2. The zero-order chi connectivity index (χ0) is 13.1. The molecule has 0 saturated carbocycles. The third-order valence-corrected chi connectivity index (χ3v) is 3.43. The first-order valence-corrected chi connectivity index (χ1v) is 6.55. The number of pyridine rings is 1. The number of aryl methyl sites for hydroxylation is 2. The zero-order valence-electron chi connectivity index (χ0n) is 10.8. The molecule has 0 radical (unpaired) electrons. The molecule has 96 valence electrons. The summed E-state index contributed by atoms with van der Waals surface area (Å²) in [6, 6.07) is 14.5. The number of nitrogens with two attached hydrogens (primary N) is 1. The Labute approximate surface area is 112 Å². The highest BCUT2D eigenvalue weighted by molar-refractivity contribution is 5.83. The van der Waals surface area contributed by atoms with Crippen LogP contribution in [0.15, 0.2) is 54.9 Å². The average molecular weight is 251 g/mol. The lowest BCUT2D eigenvalue weighted by Gasteiger charge is -2.08. The van der Waals surface area contributed by atoms with Gasteiger partial charge in [0.15, 0.2) is 0 Å². The average Bonchev–Trinajstić information content (AvgIpc) is 2.89. The molecule has 0 aliphatic carbocycles. The Morgan fingerprint density at radius 3 is 2.79 bits per heavy atom. The highest BCUT2D eigenvalue weighted by Gasteiger charge is 2.05. The minimum Gasteiger partial charge on any atom is -0.347 e. The second kappa shape index (κ2) is 5.24. The molecular formula is C16H17N3. The fourth-order valence-electron chi connectivity index (χ4n) is 2.47. The molecule has 1 aromatic carbocycles. The van der Waals surface area contributed by atoms with Gasteiger partial charge in [-0.05, 0) is 29.1 Å². The summed E-state index contributed by atoms with van der Waals surface area (Å²) in [7, 11) is 0. The Kier molecular flexibility index (Phi) is 3.29. The molecule has 2 heterocycles. The number of rotatable bonds is 4. The van der Waals surface area contributed by atoms with E-state index >= 15 is 0 Å². The number of hydrogen-bond acceptors (Lipinski definition) is 2. The smallest absolute Gasteiger partial charge is 0.0525 e. The normalized spacial score (nSPS) is 11.0. The van der Waals surface area contributed by atoms with Gasteiger partial charge in [0.25, 0.3) is 0 Å². The maximum absolute atomic E-state index is 5.83. The molecule has 0 spiro atoms. The topological polar surface area (TPSA) is 43.8 Å². The molecule has 0 atom stereocenters. The van der Waals surface area contributed by atoms with Gasteiger partial charge in [-0.2, -0.15) is 0 Å². The molecule has 0 aliphatic rings. The highest BCUT2D eigenvalue weighted by atomic mass is 15.0. The zero-order valence-corrected chi connectivity index (χ0v) is 10.8. The molecule has 19 heavy (non-hydrogen) atoms. The molecule has 0 amide bonds. The first-order chi connectivity index (χ1) is 9.38. The van der Waals surface area contributed by atoms with Gasteiger partial charge >= 0.3 is 0 Å². The minimum absolute atomic E-state index is 0.574. The number of para-hydroxylation sites is 1. The van der Waals surface area contributed by atoms with Gasteiger partial charge in [0.1, 0.15) is 0 Å². The van der Waals surface area contributed by atoms with E-state index in [9.17, 15) is 0 Å². The predicted octanol–water partition coefficient (Wildman–Crippen LogP) is 2.74. The van der Waals surface area contributed by atoms with Crippen LogP contribution in [-0.2, 0) is 19.5 Å². The number of benzene rings is 1. The maximum Gasteiger partial charge on any atom is 0.0525 e. The van der Waals surface area contributed by atoms with Crippen molar-refractivity contribution in [1.82, 2.24) is 9.55 Å². The summed E-state index contributed by atoms with van der Waals surface area (Å²) in [6.07, 6.45) is 4.91. The molecule has 3 heteroatoms. The lowest BCUT2D eigenvalue weighted by molar-refractivity contribution is 0.707. The molecule has 2 aromatic heterocycles. The van der Waals surface area contributed by atoms with Crippen LogP contribution < -0.4 is 5.73 Å². The summed E-state index contributed by atoms with van der Waals surface area (Å²) in [5.41, 5.74) is 9.39. The molecule has 0 fully saturated rings. The minimum atomic E-state index is 0.574. The van der Waals surface area contributed by atoms with E-state index in [2.05, 4.69) is 46.1 Å². The summed E-state index contributed by atoms with van der Waals surface area (Å²) >= 11 is 0. The van der Waals surface area contributed by atoms with Crippen molar-refractivity contribution in [2.45, 2.75) is 19.5 Å². The van der Waals surface area contributed by atoms with E-state index in [0.29, 0.717) is 6.54 Å². The van der Waals surface area contributed by atoms with Gasteiger partial charge in [0, 0.05) is 37.6 Å². The Balaban J connectivity index is 1.89. The van der Waals surface area contributed by atoms with Crippen molar-refractivity contribution in [3.05, 3.63) is 66.1 Å². The second-order valence-electron chi connectivity index (χ2n) is 4.64. The van der Waals surface area contributed by atoms with Crippen molar-refractivity contribution >= 4 is 10.9 Å². The van der Waals surface area contributed by atoms with Gasteiger partial charge in [-0.1, -0.05) is 24.3 Å². The van der Waals surface area contributed by atoms with Gasteiger partial charge in [0.05, 0.1) is 5.52 Å². The van der Waals surface area contributed by atoms with Crippen LogP contribution in [0.1, 0.15) is 11.3 Å². The van der Waals surface area contributed by atoms with E-state index in [4.69, 9.17) is 5.73 Å². The third-order valence-electron chi connectivity index (χ3n) is 3.43. The molecule has 0 bridgehead atoms. The largest absolute Gasteiger partial charge is 0.347 e. The van der Waals surface area contributed by atoms with Gasteiger partial charge in [-0.15, -0.1) is 0 Å². The van der Waals surface area contributed by atoms with Crippen molar-refractivity contribution in [2.24, 2.45) is 5.73 Å². The summed E-state index contributed by atoms with van der Waals surface area (Å²) in [5.74, 6) is 0. The van der Waals surface area contributed by atoms with Crippen molar-refractivity contribution in [3.8, 4) is 0 Å². The fourth-order valence-corrected chi connectivity index (χ4v) is 2.47. The van der Waals surface area contributed by atoms with Crippen LogP contribution in [0, 0.1) is 0 Å². The monoisotopic (exact) mass is 251 g/mol. The van der Waals surface area contributed by atoms with E-state index in [1.165, 1.54) is 16.5 Å². The van der Waals surface area contributed by atoms with Gasteiger partial charge in [-0.25, -0.2) is 0 Å². The first-order valence-electron chi connectivity index (χ1n) is 6.55. The summed E-state index contributed by atoms with van der Waals surface area (Å²) in [5, 5.41) is 1.25. The second-order valence-corrected chi connectivity index (χ2v) is 4.64. The number of aromatic nitrogens is 2. The van der Waals surface area contributed by atoms with Crippen molar-refractivity contribution < 1.29 is 0 Å². The SMILES string of the molecule is NCc1cccc2ccn(CCc3ccccn3)c12. The molecule has 0 unspecified atom stereocenters. The van der Waals surface area contributed by atoms with Crippen LogP contribution >= 0.6 is 0 Å². The Morgan fingerprint density at radius 2 is 2.00 bits per heavy atom. The molecule has 3 aromatic rings. The van der Waals surface area contributed by atoms with Gasteiger partial charge < -0.3 is 10.3 Å². The Morgan fingerprint density at radius 1 is 1.05 bits per heavy atom. The lowest BCUT2D eigenvalue weighted by atomic mass is 10.1. The molecular weight excluding hydrogens is 234 g/mol. The van der Waals surface area contributed by atoms with Crippen LogP contribution in [-0.4, -0.2) is 9.55 Å². The van der Waals surface area contributed by atoms with Gasteiger partial charge in [0.2, 0.25) is 0 Å². The quantitative estimate of drug-likeness (QED) is 0.775. The van der Waals surface area contributed by atoms with Crippen molar-refractivity contribution in [2.75, 3.05) is 0 Å². The van der Waals surface area contributed by atoms with Crippen molar-refractivity contribution in [3.63, 3.8) is 0 Å². The number of nitrogens with zero attached hydrogens (tertiary/aromatic N) is 2. The van der Waals surface area contributed by atoms with E-state index < -0.39 is 0 Å². The molecule has 3 nitrogen and oxygen atoms in total. The van der Waals surface area contributed by atoms with Crippen LogP contribution in [0.3, 0.4) is 0 Å². The summed E-state index contributed by atoms with van der Waals surface area (Å²) in [6.45, 7) is 1.50. The van der Waals surface area contributed by atoms with E-state index in [-0.39, 0.29) is 0 Å². The summed E-state index contributed by atoms with van der Waals surface area (Å²) in [4.78, 5) is 4.36. The molecule has 0 saturated heterocycles. The lowest BCUT2D eigenvalue weighted by Crippen LogP contribution is -2.05. The van der Waals surface area contributed by atoms with E-state index in [1.807, 2.05) is 18.3 Å². The molecule has 2 N–H and O–H groups in total. The Bertz CT molecular complexity index is 671. The fraction of sp³-hybridized carbons (Fsp3) is 0.188.